The number of pyridine rings is 1. The molecule has 0 saturated carbocycles. The second-order valence-corrected chi connectivity index (χ2v) is 8.00. The van der Waals surface area contributed by atoms with Crippen molar-refractivity contribution in [2.75, 3.05) is 11.4 Å². The van der Waals surface area contributed by atoms with Gasteiger partial charge in [0.25, 0.3) is 0 Å². The van der Waals surface area contributed by atoms with Crippen LogP contribution in [0.1, 0.15) is 31.0 Å². The summed E-state index contributed by atoms with van der Waals surface area (Å²) in [5.41, 5.74) is 1.67. The molecule has 1 aliphatic heterocycles. The van der Waals surface area contributed by atoms with Crippen LogP contribution in [0.2, 0.25) is 0 Å². The van der Waals surface area contributed by atoms with Crippen molar-refractivity contribution in [2.45, 2.75) is 38.1 Å². The molecule has 0 radical (unpaired) electrons. The Labute approximate surface area is 181 Å². The Kier molecular flexibility index (Phi) is 4.85. The molecule has 3 atom stereocenters. The van der Waals surface area contributed by atoms with Gasteiger partial charge in [-0.15, -0.1) is 0 Å². The topological polar surface area (TPSA) is 87.0 Å². The largest absolute Gasteiger partial charge is 0.417 e. The number of alkyl halides is 3. The summed E-state index contributed by atoms with van der Waals surface area (Å²) in [4.78, 5) is 15.5. The lowest BCUT2D eigenvalue weighted by Crippen LogP contribution is -2.56. The smallest absolute Gasteiger partial charge is 0.335 e. The number of halogens is 3. The Morgan fingerprint density at radius 1 is 1.09 bits per heavy atom. The molecule has 0 amide bonds. The van der Waals surface area contributed by atoms with Crippen LogP contribution in [0.4, 0.5) is 19.1 Å². The molecule has 0 bridgehead atoms. The highest BCUT2D eigenvalue weighted by molar-refractivity contribution is 5.61. The van der Waals surface area contributed by atoms with Crippen LogP contribution in [0.3, 0.4) is 0 Å². The lowest BCUT2D eigenvalue weighted by Gasteiger charge is -2.43. The molecule has 0 aliphatic carbocycles. The molecular weight excluding hydrogens is 421 g/mol. The normalized spacial score (nSPS) is 21.9. The van der Waals surface area contributed by atoms with Gasteiger partial charge in [0.2, 0.25) is 5.95 Å². The first-order valence-electron chi connectivity index (χ1n) is 10.2. The van der Waals surface area contributed by atoms with E-state index < -0.39 is 11.7 Å². The summed E-state index contributed by atoms with van der Waals surface area (Å²) in [6.45, 7) is 4.85. The first kappa shape index (κ1) is 20.4. The standard InChI is InChI=1S/C21H21F3N8/c1-12-10-31(13(2)19(29-12)14-7-27-28-8-14)20-25-6-5-16(30-20)17-9-26-18-4-3-15(11-32(17)18)21(22,23)24/h3-9,11-13,19,29H,10H2,1-2H3,(H,27,28)/t12-,13-,19?/m1/s1. The fourth-order valence-electron chi connectivity index (χ4n) is 4.18. The molecule has 32 heavy (non-hydrogen) atoms. The van der Waals surface area contributed by atoms with Crippen molar-refractivity contribution in [1.29, 1.82) is 0 Å². The molecule has 8 nitrogen and oxygen atoms in total. The Morgan fingerprint density at radius 2 is 1.94 bits per heavy atom. The highest BCUT2D eigenvalue weighted by atomic mass is 19.4. The second-order valence-electron chi connectivity index (χ2n) is 8.00. The molecule has 1 unspecified atom stereocenters. The lowest BCUT2D eigenvalue weighted by atomic mass is 9.97. The molecule has 166 valence electrons. The number of piperazine rings is 1. The molecule has 4 aromatic heterocycles. The average Bonchev–Trinajstić information content (AvgIpc) is 3.44. The van der Waals surface area contributed by atoms with E-state index in [-0.39, 0.29) is 18.1 Å². The maximum absolute atomic E-state index is 13.2. The van der Waals surface area contributed by atoms with Gasteiger partial charge in [0.1, 0.15) is 5.65 Å². The second kappa shape index (κ2) is 7.59. The van der Waals surface area contributed by atoms with Gasteiger partial charge in [0.15, 0.2) is 0 Å². The number of fused-ring (bicyclic) bond motifs is 1. The van der Waals surface area contributed by atoms with Gasteiger partial charge >= 0.3 is 6.18 Å². The lowest BCUT2D eigenvalue weighted by molar-refractivity contribution is -0.137. The summed E-state index contributed by atoms with van der Waals surface area (Å²) < 4.78 is 41.1. The number of aromatic nitrogens is 6. The Bertz CT molecular complexity index is 1230. The number of hydrogen-bond donors (Lipinski definition) is 2. The van der Waals surface area contributed by atoms with E-state index in [4.69, 9.17) is 4.98 Å². The Hall–Kier alpha value is -3.47. The fourth-order valence-corrected chi connectivity index (χ4v) is 4.18. The van der Waals surface area contributed by atoms with Crippen molar-refractivity contribution in [3.8, 4) is 11.4 Å². The molecule has 1 saturated heterocycles. The van der Waals surface area contributed by atoms with Crippen molar-refractivity contribution in [1.82, 2.24) is 34.9 Å². The molecule has 1 fully saturated rings. The maximum Gasteiger partial charge on any atom is 0.417 e. The molecule has 11 heteroatoms. The monoisotopic (exact) mass is 442 g/mol. The summed E-state index contributed by atoms with van der Waals surface area (Å²) in [5.74, 6) is 0.513. The van der Waals surface area contributed by atoms with E-state index >= 15 is 0 Å². The molecule has 4 aromatic rings. The van der Waals surface area contributed by atoms with Crippen LogP contribution in [0.5, 0.6) is 0 Å². The zero-order valence-corrected chi connectivity index (χ0v) is 17.4. The SMILES string of the molecule is C[C@@H]1CN(c2nccc(-c3cnc4ccc(C(F)(F)F)cn34)n2)[C@H](C)C(c2cn[nH]c2)N1. The zero-order valence-electron chi connectivity index (χ0n) is 17.4. The van der Waals surface area contributed by atoms with Crippen molar-refractivity contribution in [3.05, 3.63) is 60.3 Å². The Morgan fingerprint density at radius 3 is 2.69 bits per heavy atom. The molecule has 1 aliphatic rings. The number of imidazole rings is 1. The third kappa shape index (κ3) is 3.58. The molecule has 2 N–H and O–H groups in total. The molecule has 0 aromatic carbocycles. The van der Waals surface area contributed by atoms with E-state index in [1.165, 1.54) is 16.7 Å². The minimum Gasteiger partial charge on any atom is -0.335 e. The van der Waals surface area contributed by atoms with Crippen molar-refractivity contribution in [2.24, 2.45) is 0 Å². The van der Waals surface area contributed by atoms with E-state index in [0.717, 1.165) is 17.8 Å². The number of nitrogens with zero attached hydrogens (tertiary/aromatic N) is 6. The van der Waals surface area contributed by atoms with Gasteiger partial charge in [-0.1, -0.05) is 0 Å². The summed E-state index contributed by atoms with van der Waals surface area (Å²) >= 11 is 0. The van der Waals surface area contributed by atoms with Gasteiger partial charge in [-0.3, -0.25) is 9.50 Å². The number of aromatic amines is 1. The summed E-state index contributed by atoms with van der Waals surface area (Å²) in [6.07, 6.45) is 3.40. The first-order valence-corrected chi connectivity index (χ1v) is 10.2. The number of hydrogen-bond acceptors (Lipinski definition) is 6. The number of rotatable bonds is 3. The quantitative estimate of drug-likeness (QED) is 0.505. The van der Waals surface area contributed by atoms with Gasteiger partial charge in [0, 0.05) is 42.8 Å². The minimum absolute atomic E-state index is 0.0231. The van der Waals surface area contributed by atoms with E-state index in [1.807, 2.05) is 6.20 Å². The van der Waals surface area contributed by atoms with Crippen LogP contribution in [0, 0.1) is 0 Å². The van der Waals surface area contributed by atoms with Crippen LogP contribution in [-0.2, 0) is 6.18 Å². The fraction of sp³-hybridized carbons (Fsp3) is 0.333. The van der Waals surface area contributed by atoms with Crippen molar-refractivity contribution in [3.63, 3.8) is 0 Å². The minimum atomic E-state index is -4.44. The summed E-state index contributed by atoms with van der Waals surface area (Å²) in [7, 11) is 0. The van der Waals surface area contributed by atoms with E-state index in [1.54, 1.807) is 18.5 Å². The molecule has 5 rings (SSSR count). The van der Waals surface area contributed by atoms with Gasteiger partial charge in [0.05, 0.1) is 35.4 Å². The third-order valence-corrected chi connectivity index (χ3v) is 5.78. The van der Waals surface area contributed by atoms with E-state index in [9.17, 15) is 13.2 Å². The summed E-state index contributed by atoms with van der Waals surface area (Å²) in [5, 5.41) is 10.5. The Balaban J connectivity index is 1.52. The summed E-state index contributed by atoms with van der Waals surface area (Å²) in [6, 6.07) is 4.27. The third-order valence-electron chi connectivity index (χ3n) is 5.78. The van der Waals surface area contributed by atoms with Crippen LogP contribution in [0.25, 0.3) is 17.0 Å². The van der Waals surface area contributed by atoms with Crippen LogP contribution >= 0.6 is 0 Å². The highest BCUT2D eigenvalue weighted by Crippen LogP contribution is 2.32. The predicted molar refractivity (Wildman–Crippen MR) is 112 cm³/mol. The van der Waals surface area contributed by atoms with Gasteiger partial charge in [-0.2, -0.15) is 18.3 Å². The number of H-pyrrole nitrogens is 1. The average molecular weight is 442 g/mol. The van der Waals surface area contributed by atoms with Crippen LogP contribution < -0.4 is 10.2 Å². The molecular formula is C21H21F3N8. The van der Waals surface area contributed by atoms with Gasteiger partial charge in [-0.25, -0.2) is 15.0 Å². The van der Waals surface area contributed by atoms with Crippen LogP contribution in [0.15, 0.2) is 49.2 Å². The van der Waals surface area contributed by atoms with Crippen LogP contribution in [-0.4, -0.2) is 48.2 Å². The number of nitrogens with one attached hydrogen (secondary N) is 2. The molecule has 5 heterocycles. The van der Waals surface area contributed by atoms with Gasteiger partial charge in [-0.05, 0) is 32.0 Å². The van der Waals surface area contributed by atoms with Gasteiger partial charge < -0.3 is 10.2 Å². The first-order chi connectivity index (χ1) is 15.3. The predicted octanol–water partition coefficient (Wildman–Crippen LogP) is 3.46. The zero-order chi connectivity index (χ0) is 22.5. The van der Waals surface area contributed by atoms with Crippen molar-refractivity contribution < 1.29 is 13.2 Å². The number of anilines is 1. The van der Waals surface area contributed by atoms with E-state index in [0.29, 0.717) is 29.5 Å². The van der Waals surface area contributed by atoms with Crippen molar-refractivity contribution >= 4 is 11.6 Å². The molecule has 0 spiro atoms. The highest BCUT2D eigenvalue weighted by Gasteiger charge is 2.34. The maximum atomic E-state index is 13.2. The van der Waals surface area contributed by atoms with E-state index in [2.05, 4.69) is 44.2 Å².